The van der Waals surface area contributed by atoms with E-state index in [9.17, 15) is 9.59 Å². The minimum atomic E-state index is -0.475. The van der Waals surface area contributed by atoms with Crippen LogP contribution in [0.3, 0.4) is 0 Å². The van der Waals surface area contributed by atoms with E-state index < -0.39 is 5.97 Å². The summed E-state index contributed by atoms with van der Waals surface area (Å²) >= 11 is 2.98. The van der Waals surface area contributed by atoms with Gasteiger partial charge in [0.1, 0.15) is 5.01 Å². The van der Waals surface area contributed by atoms with Crippen molar-refractivity contribution in [3.05, 3.63) is 40.3 Å². The van der Waals surface area contributed by atoms with Crippen molar-refractivity contribution in [1.82, 2.24) is 9.88 Å². The number of benzene rings is 1. The highest BCUT2D eigenvalue weighted by atomic mass is 32.2. The van der Waals surface area contributed by atoms with Crippen LogP contribution in [0.2, 0.25) is 0 Å². The highest BCUT2D eigenvalue weighted by Crippen LogP contribution is 2.19. The largest absolute Gasteiger partial charge is 0.464 e. The average Bonchev–Trinajstić information content (AvgIpc) is 3.08. The molecule has 1 aromatic heterocycles. The van der Waals surface area contributed by atoms with Gasteiger partial charge >= 0.3 is 12.0 Å². The van der Waals surface area contributed by atoms with E-state index >= 15 is 0 Å². The molecule has 0 radical (unpaired) electrons. The molecule has 2 amide bonds. The molecule has 2 aromatic rings. The summed E-state index contributed by atoms with van der Waals surface area (Å²) in [5.41, 5.74) is 1.00. The molecule has 0 saturated carbocycles. The molecule has 0 aliphatic heterocycles. The molecule has 0 aliphatic carbocycles. The number of aromatic nitrogens is 1. The number of carbonyl (C=O) groups excluding carboxylic acids is 2. The molecule has 0 unspecified atom stereocenters. The Bertz CT molecular complexity index is 729. The molecule has 25 heavy (non-hydrogen) atoms. The maximum atomic E-state index is 12.6. The van der Waals surface area contributed by atoms with Crippen LogP contribution in [0.4, 0.5) is 10.5 Å². The molecule has 0 bridgehead atoms. The maximum Gasteiger partial charge on any atom is 0.357 e. The topological polar surface area (TPSA) is 71.5 Å². The van der Waals surface area contributed by atoms with Gasteiger partial charge in [-0.25, -0.2) is 14.6 Å². The Morgan fingerprint density at radius 1 is 1.32 bits per heavy atom. The Balaban J connectivity index is 2.07. The van der Waals surface area contributed by atoms with Crippen molar-refractivity contribution < 1.29 is 14.3 Å². The fourth-order valence-electron chi connectivity index (χ4n) is 2.09. The Kier molecular flexibility index (Phi) is 6.83. The fourth-order valence-corrected chi connectivity index (χ4v) is 3.26. The zero-order valence-corrected chi connectivity index (χ0v) is 16.2. The first-order chi connectivity index (χ1) is 11.9. The fraction of sp³-hybridized carbons (Fsp3) is 0.353. The van der Waals surface area contributed by atoms with E-state index in [1.165, 1.54) is 18.4 Å². The molecule has 1 aromatic carbocycles. The number of hydrogen-bond acceptors (Lipinski definition) is 6. The van der Waals surface area contributed by atoms with Gasteiger partial charge in [0.15, 0.2) is 5.69 Å². The Morgan fingerprint density at radius 2 is 2.00 bits per heavy atom. The van der Waals surface area contributed by atoms with E-state index in [2.05, 4.69) is 15.0 Å². The van der Waals surface area contributed by atoms with Crippen LogP contribution in [-0.2, 0) is 11.3 Å². The second-order valence-corrected chi connectivity index (χ2v) is 7.32. The smallest absolute Gasteiger partial charge is 0.357 e. The number of thiazole rings is 1. The van der Waals surface area contributed by atoms with Crippen LogP contribution in [0, 0.1) is 0 Å². The highest BCUT2D eigenvalue weighted by molar-refractivity contribution is 7.98. The third kappa shape index (κ3) is 5.20. The molecule has 1 N–H and O–H groups in total. The summed E-state index contributed by atoms with van der Waals surface area (Å²) in [5, 5.41) is 5.22. The van der Waals surface area contributed by atoms with Crippen LogP contribution in [0.25, 0.3) is 0 Å². The van der Waals surface area contributed by atoms with Gasteiger partial charge < -0.3 is 15.0 Å². The van der Waals surface area contributed by atoms with Gasteiger partial charge in [0, 0.05) is 22.0 Å². The lowest BCUT2D eigenvalue weighted by Crippen LogP contribution is -2.39. The lowest BCUT2D eigenvalue weighted by molar-refractivity contribution is 0.0594. The predicted molar refractivity (Wildman–Crippen MR) is 101 cm³/mol. The van der Waals surface area contributed by atoms with Gasteiger partial charge in [-0.3, -0.25) is 0 Å². The van der Waals surface area contributed by atoms with Gasteiger partial charge in [-0.2, -0.15) is 0 Å². The molecule has 2 rings (SSSR count). The van der Waals surface area contributed by atoms with Crippen LogP contribution in [-0.4, -0.2) is 41.3 Å². The highest BCUT2D eigenvalue weighted by Gasteiger charge is 2.20. The van der Waals surface area contributed by atoms with Gasteiger partial charge in [0.25, 0.3) is 0 Å². The first-order valence-electron chi connectivity index (χ1n) is 7.69. The summed E-state index contributed by atoms with van der Waals surface area (Å²) in [6.07, 6.45) is 2.00. The average molecular weight is 380 g/mol. The van der Waals surface area contributed by atoms with Crippen LogP contribution in [0.1, 0.15) is 29.3 Å². The lowest BCUT2D eigenvalue weighted by atomic mass is 10.3. The molecular formula is C17H21N3O3S2. The van der Waals surface area contributed by atoms with E-state index in [-0.39, 0.29) is 17.8 Å². The van der Waals surface area contributed by atoms with Crippen LogP contribution < -0.4 is 5.32 Å². The van der Waals surface area contributed by atoms with E-state index in [0.29, 0.717) is 11.6 Å². The molecule has 134 valence electrons. The molecule has 0 saturated heterocycles. The first-order valence-corrected chi connectivity index (χ1v) is 9.79. The Labute approximate surface area is 155 Å². The van der Waals surface area contributed by atoms with Crippen molar-refractivity contribution in [2.75, 3.05) is 18.7 Å². The van der Waals surface area contributed by atoms with Crippen molar-refractivity contribution in [2.45, 2.75) is 31.3 Å². The monoisotopic (exact) mass is 379 g/mol. The van der Waals surface area contributed by atoms with Gasteiger partial charge in [0.05, 0.1) is 13.7 Å². The number of thioether (sulfide) groups is 1. The molecule has 0 fully saturated rings. The Hall–Kier alpha value is -2.06. The quantitative estimate of drug-likeness (QED) is 0.604. The minimum Gasteiger partial charge on any atom is -0.464 e. The SMILES string of the molecule is COC(=O)c1csc(CN(C(=O)Nc2ccc(SC)cc2)C(C)C)n1. The number of nitrogens with zero attached hydrogens (tertiary/aromatic N) is 2. The number of nitrogens with one attached hydrogen (secondary N) is 1. The van der Waals surface area contributed by atoms with Crippen molar-refractivity contribution in [1.29, 1.82) is 0 Å². The summed E-state index contributed by atoms with van der Waals surface area (Å²) in [6.45, 7) is 4.20. The van der Waals surface area contributed by atoms with Crippen LogP contribution in [0.5, 0.6) is 0 Å². The van der Waals surface area contributed by atoms with E-state index in [1.807, 2.05) is 44.4 Å². The third-order valence-corrected chi connectivity index (χ3v) is 5.05. The second-order valence-electron chi connectivity index (χ2n) is 5.50. The predicted octanol–water partition coefficient (Wildman–Crippen LogP) is 4.09. The number of esters is 1. The molecule has 0 aliphatic rings. The van der Waals surface area contributed by atoms with Gasteiger partial charge in [0.2, 0.25) is 0 Å². The standard InChI is InChI=1S/C17H21N3O3S2/c1-11(2)20(9-15-19-14(10-25-15)16(21)23-3)17(22)18-12-5-7-13(24-4)8-6-12/h5-8,10-11H,9H2,1-4H3,(H,18,22). The van der Waals surface area contributed by atoms with E-state index in [1.54, 1.807) is 22.0 Å². The van der Waals surface area contributed by atoms with Gasteiger partial charge in [-0.1, -0.05) is 0 Å². The molecule has 8 heteroatoms. The summed E-state index contributed by atoms with van der Waals surface area (Å²) in [5.74, 6) is -0.475. The van der Waals surface area contributed by atoms with Crippen molar-refractivity contribution in [3.63, 3.8) is 0 Å². The van der Waals surface area contributed by atoms with E-state index in [4.69, 9.17) is 0 Å². The zero-order valence-electron chi connectivity index (χ0n) is 14.6. The third-order valence-electron chi connectivity index (χ3n) is 3.48. The number of rotatable bonds is 6. The minimum absolute atomic E-state index is 0.0176. The lowest BCUT2D eigenvalue weighted by Gasteiger charge is -2.26. The number of amides is 2. The van der Waals surface area contributed by atoms with Gasteiger partial charge in [-0.15, -0.1) is 23.1 Å². The van der Waals surface area contributed by atoms with Crippen molar-refractivity contribution in [2.24, 2.45) is 0 Å². The van der Waals surface area contributed by atoms with Crippen LogP contribution in [0.15, 0.2) is 34.5 Å². The van der Waals surface area contributed by atoms with Crippen LogP contribution >= 0.6 is 23.1 Å². The number of methoxy groups -OCH3 is 1. The summed E-state index contributed by atoms with van der Waals surface area (Å²) in [4.78, 5) is 31.1. The number of carbonyl (C=O) groups is 2. The maximum absolute atomic E-state index is 12.6. The second kappa shape index (κ2) is 8.87. The number of ether oxygens (including phenoxy) is 1. The number of hydrogen-bond donors (Lipinski definition) is 1. The molecule has 0 atom stereocenters. The number of anilines is 1. The van der Waals surface area contributed by atoms with Gasteiger partial charge in [-0.05, 0) is 44.4 Å². The van der Waals surface area contributed by atoms with Crippen molar-refractivity contribution in [3.8, 4) is 0 Å². The number of urea groups is 1. The Morgan fingerprint density at radius 3 is 2.56 bits per heavy atom. The summed E-state index contributed by atoms with van der Waals surface area (Å²) < 4.78 is 4.66. The molecular weight excluding hydrogens is 358 g/mol. The van der Waals surface area contributed by atoms with E-state index in [0.717, 1.165) is 10.6 Å². The molecule has 0 spiro atoms. The van der Waals surface area contributed by atoms with Crippen molar-refractivity contribution >= 4 is 40.8 Å². The molecule has 6 nitrogen and oxygen atoms in total. The normalized spacial score (nSPS) is 10.6. The molecule has 1 heterocycles. The zero-order chi connectivity index (χ0) is 18.4. The summed E-state index contributed by atoms with van der Waals surface area (Å²) in [7, 11) is 1.32. The first kappa shape index (κ1) is 19.3. The summed E-state index contributed by atoms with van der Waals surface area (Å²) in [6, 6.07) is 7.45.